The second-order valence-electron chi connectivity index (χ2n) is 6.78. The summed E-state index contributed by atoms with van der Waals surface area (Å²) in [5.74, 6) is 2.12. The van der Waals surface area contributed by atoms with E-state index in [0.29, 0.717) is 12.5 Å². The lowest BCUT2D eigenvalue weighted by Crippen LogP contribution is -2.42. The molecule has 0 aromatic rings. The molecule has 3 atom stereocenters. The predicted molar refractivity (Wildman–Crippen MR) is 75.3 cm³/mol. The first-order valence-electron chi connectivity index (χ1n) is 7.70. The highest BCUT2D eigenvalue weighted by atomic mass is 16.3. The molecule has 2 fully saturated rings. The quantitative estimate of drug-likeness (QED) is 0.787. The summed E-state index contributed by atoms with van der Waals surface area (Å²) in [4.78, 5) is 2.58. The van der Waals surface area contributed by atoms with Crippen LogP contribution in [0.15, 0.2) is 0 Å². The fourth-order valence-electron chi connectivity index (χ4n) is 3.76. The predicted octanol–water partition coefficient (Wildman–Crippen LogP) is 1.84. The Kier molecular flexibility index (Phi) is 4.68. The van der Waals surface area contributed by atoms with Crippen molar-refractivity contribution in [3.8, 4) is 0 Å². The summed E-state index contributed by atoms with van der Waals surface area (Å²) in [5, 5.41) is 10.4. The maximum absolute atomic E-state index is 10.4. The number of aliphatic hydroxyl groups is 1. The van der Waals surface area contributed by atoms with Crippen molar-refractivity contribution in [3.63, 3.8) is 0 Å². The SMILES string of the molecule is CC(C)C1CCN(CCC2CCCC2(O)CN)C1. The zero-order chi connectivity index (χ0) is 13.2. The van der Waals surface area contributed by atoms with Crippen molar-refractivity contribution in [2.75, 3.05) is 26.2 Å². The first-order valence-corrected chi connectivity index (χ1v) is 7.70. The fraction of sp³-hybridized carbons (Fsp3) is 1.00. The Morgan fingerprint density at radius 1 is 1.39 bits per heavy atom. The summed E-state index contributed by atoms with van der Waals surface area (Å²) in [6.45, 7) is 8.75. The van der Waals surface area contributed by atoms with Gasteiger partial charge < -0.3 is 15.7 Å². The number of hydrogen-bond donors (Lipinski definition) is 2. The van der Waals surface area contributed by atoms with Crippen molar-refractivity contribution in [2.45, 2.75) is 51.6 Å². The highest BCUT2D eigenvalue weighted by Gasteiger charge is 2.39. The van der Waals surface area contributed by atoms with Crippen LogP contribution in [0, 0.1) is 17.8 Å². The third-order valence-electron chi connectivity index (χ3n) is 5.32. The molecule has 0 aromatic heterocycles. The van der Waals surface area contributed by atoms with E-state index in [9.17, 15) is 5.11 Å². The summed E-state index contributed by atoms with van der Waals surface area (Å²) in [5.41, 5.74) is 5.18. The normalized spacial score (nSPS) is 37.8. The van der Waals surface area contributed by atoms with Crippen LogP contribution in [-0.2, 0) is 0 Å². The van der Waals surface area contributed by atoms with Gasteiger partial charge in [-0.05, 0) is 56.5 Å². The molecule has 3 heteroatoms. The van der Waals surface area contributed by atoms with Gasteiger partial charge in [0.2, 0.25) is 0 Å². The number of likely N-dealkylation sites (tertiary alicyclic amines) is 1. The minimum Gasteiger partial charge on any atom is -0.388 e. The lowest BCUT2D eigenvalue weighted by molar-refractivity contribution is 0.00512. The summed E-state index contributed by atoms with van der Waals surface area (Å²) in [6.07, 6.45) is 5.69. The Morgan fingerprint density at radius 2 is 2.17 bits per heavy atom. The average Bonchev–Trinajstić information content (AvgIpc) is 2.94. The maximum atomic E-state index is 10.4. The van der Waals surface area contributed by atoms with E-state index in [0.717, 1.165) is 44.1 Å². The van der Waals surface area contributed by atoms with Crippen LogP contribution in [-0.4, -0.2) is 41.8 Å². The molecule has 106 valence electrons. The average molecular weight is 254 g/mol. The Bertz CT molecular complexity index is 269. The van der Waals surface area contributed by atoms with Gasteiger partial charge in [-0.25, -0.2) is 0 Å². The number of hydrogen-bond acceptors (Lipinski definition) is 3. The van der Waals surface area contributed by atoms with E-state index < -0.39 is 5.60 Å². The summed E-state index contributed by atoms with van der Waals surface area (Å²) >= 11 is 0. The van der Waals surface area contributed by atoms with Crippen molar-refractivity contribution in [3.05, 3.63) is 0 Å². The number of nitrogens with zero attached hydrogens (tertiary/aromatic N) is 1. The third kappa shape index (κ3) is 3.06. The molecule has 2 rings (SSSR count). The molecule has 18 heavy (non-hydrogen) atoms. The van der Waals surface area contributed by atoms with Crippen LogP contribution in [0.1, 0.15) is 46.0 Å². The van der Waals surface area contributed by atoms with Gasteiger partial charge in [0, 0.05) is 13.1 Å². The lowest BCUT2D eigenvalue weighted by Gasteiger charge is -2.30. The molecule has 0 aromatic carbocycles. The molecular weight excluding hydrogens is 224 g/mol. The molecule has 1 saturated carbocycles. The largest absolute Gasteiger partial charge is 0.388 e. The molecular formula is C15H30N2O. The van der Waals surface area contributed by atoms with Gasteiger partial charge in [0.05, 0.1) is 5.60 Å². The Balaban J connectivity index is 1.76. The van der Waals surface area contributed by atoms with Crippen LogP contribution in [0.4, 0.5) is 0 Å². The maximum Gasteiger partial charge on any atom is 0.0797 e. The molecule has 3 unspecified atom stereocenters. The first kappa shape index (κ1) is 14.3. The van der Waals surface area contributed by atoms with E-state index in [1.54, 1.807) is 0 Å². The van der Waals surface area contributed by atoms with Gasteiger partial charge in [-0.2, -0.15) is 0 Å². The zero-order valence-electron chi connectivity index (χ0n) is 12.1. The molecule has 1 saturated heterocycles. The summed E-state index contributed by atoms with van der Waals surface area (Å²) < 4.78 is 0. The highest BCUT2D eigenvalue weighted by molar-refractivity contribution is 4.93. The van der Waals surface area contributed by atoms with E-state index in [1.807, 2.05) is 0 Å². The van der Waals surface area contributed by atoms with Gasteiger partial charge in [-0.3, -0.25) is 0 Å². The highest BCUT2D eigenvalue weighted by Crippen LogP contribution is 2.37. The second kappa shape index (κ2) is 5.89. The van der Waals surface area contributed by atoms with Gasteiger partial charge in [-0.1, -0.05) is 20.3 Å². The zero-order valence-corrected chi connectivity index (χ0v) is 12.1. The lowest BCUT2D eigenvalue weighted by atomic mass is 9.88. The number of rotatable bonds is 5. The first-order chi connectivity index (χ1) is 8.55. The van der Waals surface area contributed by atoms with Crippen LogP contribution in [0.25, 0.3) is 0 Å². The topological polar surface area (TPSA) is 49.5 Å². The van der Waals surface area contributed by atoms with E-state index in [1.165, 1.54) is 19.5 Å². The van der Waals surface area contributed by atoms with Crippen molar-refractivity contribution >= 4 is 0 Å². The fourth-order valence-corrected chi connectivity index (χ4v) is 3.76. The Hall–Kier alpha value is -0.120. The van der Waals surface area contributed by atoms with Crippen LogP contribution >= 0.6 is 0 Å². The molecule has 0 bridgehead atoms. The summed E-state index contributed by atoms with van der Waals surface area (Å²) in [6, 6.07) is 0. The van der Waals surface area contributed by atoms with Crippen LogP contribution < -0.4 is 5.73 Å². The molecule has 3 nitrogen and oxygen atoms in total. The smallest absolute Gasteiger partial charge is 0.0797 e. The van der Waals surface area contributed by atoms with Crippen molar-refractivity contribution in [2.24, 2.45) is 23.5 Å². The van der Waals surface area contributed by atoms with Crippen molar-refractivity contribution < 1.29 is 5.11 Å². The van der Waals surface area contributed by atoms with Crippen molar-refractivity contribution in [1.29, 1.82) is 0 Å². The van der Waals surface area contributed by atoms with Crippen molar-refractivity contribution in [1.82, 2.24) is 4.90 Å². The molecule has 3 N–H and O–H groups in total. The van der Waals surface area contributed by atoms with Gasteiger partial charge in [0.15, 0.2) is 0 Å². The second-order valence-corrected chi connectivity index (χ2v) is 6.78. The Morgan fingerprint density at radius 3 is 2.78 bits per heavy atom. The van der Waals surface area contributed by atoms with E-state index in [-0.39, 0.29) is 0 Å². The van der Waals surface area contributed by atoms with Gasteiger partial charge in [0.1, 0.15) is 0 Å². The molecule has 0 amide bonds. The van der Waals surface area contributed by atoms with Crippen LogP contribution in [0.3, 0.4) is 0 Å². The molecule has 2 aliphatic rings. The van der Waals surface area contributed by atoms with Crippen LogP contribution in [0.5, 0.6) is 0 Å². The standard InChI is InChI=1S/C15H30N2O/c1-12(2)13-5-8-17(10-13)9-6-14-4-3-7-15(14,18)11-16/h12-14,18H,3-11,16H2,1-2H3. The molecule has 0 radical (unpaired) electrons. The minimum atomic E-state index is -0.558. The van der Waals surface area contributed by atoms with E-state index in [2.05, 4.69) is 18.7 Å². The third-order valence-corrected chi connectivity index (χ3v) is 5.32. The van der Waals surface area contributed by atoms with Gasteiger partial charge >= 0.3 is 0 Å². The molecule has 1 heterocycles. The van der Waals surface area contributed by atoms with E-state index in [4.69, 9.17) is 5.73 Å². The number of nitrogens with two attached hydrogens (primary N) is 1. The molecule has 0 spiro atoms. The van der Waals surface area contributed by atoms with Gasteiger partial charge in [-0.15, -0.1) is 0 Å². The van der Waals surface area contributed by atoms with Crippen LogP contribution in [0.2, 0.25) is 0 Å². The van der Waals surface area contributed by atoms with Gasteiger partial charge in [0.25, 0.3) is 0 Å². The monoisotopic (exact) mass is 254 g/mol. The minimum absolute atomic E-state index is 0.431. The molecule has 1 aliphatic heterocycles. The Labute approximate surface area is 112 Å². The molecule has 1 aliphatic carbocycles. The van der Waals surface area contributed by atoms with E-state index >= 15 is 0 Å². The summed E-state index contributed by atoms with van der Waals surface area (Å²) in [7, 11) is 0.